The summed E-state index contributed by atoms with van der Waals surface area (Å²) in [7, 11) is 1.34. The predicted octanol–water partition coefficient (Wildman–Crippen LogP) is 4.45. The Morgan fingerprint density at radius 1 is 1.04 bits per heavy atom. The molecule has 138 valence electrons. The van der Waals surface area contributed by atoms with Crippen LogP contribution in [0, 0.1) is 13.8 Å². The highest BCUT2D eigenvalue weighted by Gasteiger charge is 2.19. The topological polar surface area (TPSA) is 68.3 Å². The smallest absolute Gasteiger partial charge is 0.338 e. The molecule has 0 unspecified atom stereocenters. The molecule has 1 aromatic heterocycles. The van der Waals surface area contributed by atoms with Crippen molar-refractivity contribution in [1.29, 1.82) is 0 Å². The second kappa shape index (κ2) is 7.58. The number of carbonyl (C=O) groups is 2. The average molecular weight is 362 g/mol. The van der Waals surface area contributed by atoms with Gasteiger partial charge < -0.3 is 10.1 Å². The highest BCUT2D eigenvalue weighted by Crippen LogP contribution is 2.26. The average Bonchev–Trinajstić information content (AvgIpc) is 2.68. The van der Waals surface area contributed by atoms with Crippen molar-refractivity contribution < 1.29 is 14.3 Å². The molecule has 0 bridgehead atoms. The van der Waals surface area contributed by atoms with E-state index in [2.05, 4.69) is 10.3 Å². The number of aromatic nitrogens is 1. The molecule has 0 saturated carbocycles. The molecule has 5 nitrogen and oxygen atoms in total. The Hall–Kier alpha value is -3.21. The molecular formula is C22H22N2O3. The van der Waals surface area contributed by atoms with Crippen LogP contribution in [0.15, 0.2) is 42.5 Å². The number of esters is 1. The van der Waals surface area contributed by atoms with Gasteiger partial charge in [0.1, 0.15) is 0 Å². The van der Waals surface area contributed by atoms with E-state index < -0.39 is 5.97 Å². The van der Waals surface area contributed by atoms with Gasteiger partial charge in [-0.05, 0) is 49.6 Å². The Morgan fingerprint density at radius 2 is 1.78 bits per heavy atom. The van der Waals surface area contributed by atoms with E-state index in [-0.39, 0.29) is 5.91 Å². The molecule has 27 heavy (non-hydrogen) atoms. The number of anilines is 1. The number of pyridine rings is 1. The Kier molecular flexibility index (Phi) is 5.21. The molecule has 3 aromatic rings. The van der Waals surface area contributed by atoms with Gasteiger partial charge in [-0.15, -0.1) is 0 Å². The van der Waals surface area contributed by atoms with Crippen LogP contribution in [-0.2, 0) is 11.2 Å². The minimum Gasteiger partial charge on any atom is -0.465 e. The number of hydrogen-bond acceptors (Lipinski definition) is 4. The van der Waals surface area contributed by atoms with Crippen LogP contribution < -0.4 is 5.32 Å². The second-order valence-corrected chi connectivity index (χ2v) is 6.35. The number of para-hydroxylation sites is 1. The summed E-state index contributed by atoms with van der Waals surface area (Å²) in [6.45, 7) is 5.73. The highest BCUT2D eigenvalue weighted by molar-refractivity contribution is 6.14. The Labute approximate surface area is 158 Å². The predicted molar refractivity (Wildman–Crippen MR) is 106 cm³/mol. The third-order valence-electron chi connectivity index (χ3n) is 4.79. The summed E-state index contributed by atoms with van der Waals surface area (Å²) >= 11 is 0. The zero-order valence-electron chi connectivity index (χ0n) is 15.9. The van der Waals surface area contributed by atoms with Crippen LogP contribution in [-0.4, -0.2) is 24.0 Å². The van der Waals surface area contributed by atoms with Gasteiger partial charge in [-0.1, -0.05) is 31.2 Å². The third-order valence-corrected chi connectivity index (χ3v) is 4.79. The van der Waals surface area contributed by atoms with E-state index in [1.54, 1.807) is 25.1 Å². The number of nitrogens with zero attached hydrogens (tertiary/aromatic N) is 1. The maximum atomic E-state index is 13.2. The zero-order chi connectivity index (χ0) is 19.6. The van der Waals surface area contributed by atoms with Crippen LogP contribution in [0.3, 0.4) is 0 Å². The fraction of sp³-hybridized carbons (Fsp3) is 0.227. The first kappa shape index (κ1) is 18.6. The summed E-state index contributed by atoms with van der Waals surface area (Å²) in [6.07, 6.45) is 0.744. The molecule has 1 heterocycles. The zero-order valence-corrected chi connectivity index (χ0v) is 15.9. The summed E-state index contributed by atoms with van der Waals surface area (Å²) in [6, 6.07) is 12.8. The van der Waals surface area contributed by atoms with Crippen LogP contribution in [0.25, 0.3) is 10.9 Å². The quantitative estimate of drug-likeness (QED) is 0.696. The van der Waals surface area contributed by atoms with Crippen LogP contribution in [0.1, 0.15) is 44.5 Å². The van der Waals surface area contributed by atoms with E-state index in [9.17, 15) is 9.59 Å². The standard InChI is InChI=1S/C22H22N2O3/c1-5-17-14(3)20(16-9-6-7-11-19(16)23-17)21(25)24-18-12-8-10-15(13(18)2)22(26)27-4/h6-12H,5H2,1-4H3,(H,24,25). The van der Waals surface area contributed by atoms with Gasteiger partial charge in [0.25, 0.3) is 5.91 Å². The van der Waals surface area contributed by atoms with Crippen molar-refractivity contribution in [2.75, 3.05) is 12.4 Å². The molecule has 5 heteroatoms. The first-order valence-electron chi connectivity index (χ1n) is 8.85. The van der Waals surface area contributed by atoms with Crippen LogP contribution in [0.2, 0.25) is 0 Å². The molecule has 0 aliphatic carbocycles. The summed E-state index contributed by atoms with van der Waals surface area (Å²) in [5, 5.41) is 3.77. The number of methoxy groups -OCH3 is 1. The van der Waals surface area contributed by atoms with E-state index >= 15 is 0 Å². The van der Waals surface area contributed by atoms with Crippen molar-refractivity contribution in [2.45, 2.75) is 27.2 Å². The van der Waals surface area contributed by atoms with Crippen molar-refractivity contribution in [3.05, 3.63) is 70.4 Å². The van der Waals surface area contributed by atoms with Gasteiger partial charge in [0.05, 0.1) is 23.8 Å². The SMILES string of the molecule is CCc1nc2ccccc2c(C(=O)Nc2cccc(C(=O)OC)c2C)c1C. The number of rotatable bonds is 4. The van der Waals surface area contributed by atoms with Crippen molar-refractivity contribution >= 4 is 28.5 Å². The van der Waals surface area contributed by atoms with E-state index in [0.717, 1.165) is 28.6 Å². The summed E-state index contributed by atoms with van der Waals surface area (Å²) in [4.78, 5) is 29.7. The van der Waals surface area contributed by atoms with Crippen LogP contribution in [0.4, 0.5) is 5.69 Å². The summed E-state index contributed by atoms with van der Waals surface area (Å²) in [5.74, 6) is -0.645. The van der Waals surface area contributed by atoms with Crippen molar-refractivity contribution in [3.8, 4) is 0 Å². The first-order valence-corrected chi connectivity index (χ1v) is 8.85. The number of ether oxygens (including phenoxy) is 1. The second-order valence-electron chi connectivity index (χ2n) is 6.35. The third kappa shape index (κ3) is 3.40. The Balaban J connectivity index is 2.08. The number of nitrogens with one attached hydrogen (secondary N) is 1. The van der Waals surface area contributed by atoms with Crippen molar-refractivity contribution in [2.24, 2.45) is 0 Å². The van der Waals surface area contributed by atoms with Gasteiger partial charge in [-0.2, -0.15) is 0 Å². The van der Waals surface area contributed by atoms with Gasteiger partial charge >= 0.3 is 5.97 Å². The monoisotopic (exact) mass is 362 g/mol. The molecule has 1 N–H and O–H groups in total. The van der Waals surface area contributed by atoms with E-state index in [0.29, 0.717) is 22.4 Å². The van der Waals surface area contributed by atoms with Gasteiger partial charge in [0.15, 0.2) is 0 Å². The molecular weight excluding hydrogens is 340 g/mol. The number of amides is 1. The lowest BCUT2D eigenvalue weighted by Crippen LogP contribution is -2.17. The molecule has 0 aliphatic heterocycles. The minimum absolute atomic E-state index is 0.217. The maximum absolute atomic E-state index is 13.2. The minimum atomic E-state index is -0.428. The summed E-state index contributed by atoms with van der Waals surface area (Å²) in [5.41, 5.74) is 4.87. The van der Waals surface area contributed by atoms with Gasteiger partial charge in [-0.25, -0.2) is 4.79 Å². The number of aryl methyl sites for hydroxylation is 1. The molecule has 0 spiro atoms. The molecule has 1 amide bonds. The molecule has 0 atom stereocenters. The molecule has 0 radical (unpaired) electrons. The fourth-order valence-electron chi connectivity index (χ4n) is 3.28. The lowest BCUT2D eigenvalue weighted by molar-refractivity contribution is 0.0599. The number of carbonyl (C=O) groups excluding carboxylic acids is 2. The number of fused-ring (bicyclic) bond motifs is 1. The van der Waals surface area contributed by atoms with Gasteiger partial charge in [0, 0.05) is 16.8 Å². The largest absolute Gasteiger partial charge is 0.465 e. The van der Waals surface area contributed by atoms with Crippen LogP contribution >= 0.6 is 0 Å². The summed E-state index contributed by atoms with van der Waals surface area (Å²) < 4.78 is 4.81. The van der Waals surface area contributed by atoms with Crippen molar-refractivity contribution in [3.63, 3.8) is 0 Å². The maximum Gasteiger partial charge on any atom is 0.338 e. The lowest BCUT2D eigenvalue weighted by atomic mass is 9.99. The van der Waals surface area contributed by atoms with E-state index in [1.165, 1.54) is 7.11 Å². The molecule has 0 aliphatic rings. The first-order chi connectivity index (χ1) is 13.0. The van der Waals surface area contributed by atoms with Crippen molar-refractivity contribution in [1.82, 2.24) is 4.98 Å². The number of hydrogen-bond donors (Lipinski definition) is 1. The normalized spacial score (nSPS) is 10.7. The van der Waals surface area contributed by atoms with Gasteiger partial charge in [0.2, 0.25) is 0 Å². The molecule has 2 aromatic carbocycles. The van der Waals surface area contributed by atoms with E-state index in [1.807, 2.05) is 38.1 Å². The Bertz CT molecular complexity index is 1040. The lowest BCUT2D eigenvalue weighted by Gasteiger charge is -2.15. The number of benzene rings is 2. The molecule has 0 fully saturated rings. The molecule has 0 saturated heterocycles. The highest BCUT2D eigenvalue weighted by atomic mass is 16.5. The molecule has 3 rings (SSSR count). The fourth-order valence-corrected chi connectivity index (χ4v) is 3.28. The van der Waals surface area contributed by atoms with Crippen LogP contribution in [0.5, 0.6) is 0 Å². The Morgan fingerprint density at radius 3 is 2.48 bits per heavy atom. The van der Waals surface area contributed by atoms with Gasteiger partial charge in [-0.3, -0.25) is 9.78 Å². The van der Waals surface area contributed by atoms with E-state index in [4.69, 9.17) is 4.74 Å².